The number of carbonyl (C=O) groups is 1. The van der Waals surface area contributed by atoms with Crippen LogP contribution in [0.15, 0.2) is 30.3 Å². The zero-order valence-corrected chi connectivity index (χ0v) is 10.0. The summed E-state index contributed by atoms with van der Waals surface area (Å²) < 4.78 is 39.7. The second-order valence-electron chi connectivity index (χ2n) is 3.72. The Bertz CT molecular complexity index is 671. The molecule has 98 valence electrons. The Labute approximate surface area is 111 Å². The van der Waals surface area contributed by atoms with Crippen LogP contribution in [0.25, 0.3) is 11.1 Å². The van der Waals surface area contributed by atoms with Crippen LogP contribution < -0.4 is 0 Å². The number of rotatable bonds is 2. The smallest absolute Gasteiger partial charge is 0.336 e. The molecule has 0 heterocycles. The summed E-state index contributed by atoms with van der Waals surface area (Å²) in [4.78, 5) is 11.1. The van der Waals surface area contributed by atoms with Gasteiger partial charge in [0.2, 0.25) is 0 Å². The maximum Gasteiger partial charge on any atom is 0.336 e. The Morgan fingerprint density at radius 3 is 2.26 bits per heavy atom. The summed E-state index contributed by atoms with van der Waals surface area (Å²) >= 11 is 5.65. The number of carboxylic acid groups (broad SMARTS) is 1. The quantitative estimate of drug-likeness (QED) is 0.843. The van der Waals surface area contributed by atoms with Crippen molar-refractivity contribution >= 4 is 17.6 Å². The molecule has 2 aromatic carbocycles. The van der Waals surface area contributed by atoms with Gasteiger partial charge in [-0.15, -0.1) is 0 Å². The lowest BCUT2D eigenvalue weighted by molar-refractivity contribution is 0.0697. The molecule has 0 atom stereocenters. The van der Waals surface area contributed by atoms with Crippen LogP contribution in [0.1, 0.15) is 10.4 Å². The first-order valence-electron chi connectivity index (χ1n) is 5.08. The summed E-state index contributed by atoms with van der Waals surface area (Å²) in [5.74, 6) is -5.78. The highest BCUT2D eigenvalue weighted by molar-refractivity contribution is 6.31. The third-order valence-electron chi connectivity index (χ3n) is 2.54. The molecule has 0 bridgehead atoms. The molecule has 0 saturated carbocycles. The molecule has 0 fully saturated rings. The van der Waals surface area contributed by atoms with Gasteiger partial charge in [-0.2, -0.15) is 0 Å². The summed E-state index contributed by atoms with van der Waals surface area (Å²) in [7, 11) is 0. The normalized spacial score (nSPS) is 10.5. The topological polar surface area (TPSA) is 37.3 Å². The van der Waals surface area contributed by atoms with Crippen LogP contribution in [0, 0.1) is 17.5 Å². The number of aromatic carboxylic acids is 1. The number of carboxylic acids is 1. The van der Waals surface area contributed by atoms with E-state index in [0.29, 0.717) is 0 Å². The summed E-state index contributed by atoms with van der Waals surface area (Å²) in [6.45, 7) is 0. The van der Waals surface area contributed by atoms with Gasteiger partial charge >= 0.3 is 5.97 Å². The Morgan fingerprint density at radius 2 is 1.63 bits per heavy atom. The Balaban J connectivity index is 2.72. The van der Waals surface area contributed by atoms with Gasteiger partial charge in [0, 0.05) is 10.6 Å². The average Bonchev–Trinajstić information content (AvgIpc) is 2.37. The third-order valence-corrected chi connectivity index (χ3v) is 2.77. The lowest BCUT2D eigenvalue weighted by Gasteiger charge is -2.09. The van der Waals surface area contributed by atoms with Crippen molar-refractivity contribution in [3.05, 3.63) is 58.4 Å². The standard InChI is InChI=1S/C13H6ClF3O2/c14-6-1-2-7(9(5-6)13(18)19)8-3-4-10(15)12(17)11(8)16/h1-5H,(H,18,19). The first-order chi connectivity index (χ1) is 8.91. The van der Waals surface area contributed by atoms with Crippen molar-refractivity contribution in [3.8, 4) is 11.1 Å². The van der Waals surface area contributed by atoms with E-state index in [-0.39, 0.29) is 21.7 Å². The Morgan fingerprint density at radius 1 is 1.00 bits per heavy atom. The lowest BCUT2D eigenvalue weighted by atomic mass is 9.99. The minimum atomic E-state index is -1.65. The van der Waals surface area contributed by atoms with Gasteiger partial charge in [-0.1, -0.05) is 17.7 Å². The highest BCUT2D eigenvalue weighted by atomic mass is 35.5. The molecule has 2 rings (SSSR count). The maximum absolute atomic E-state index is 13.7. The first-order valence-corrected chi connectivity index (χ1v) is 5.46. The minimum Gasteiger partial charge on any atom is -0.478 e. The Kier molecular flexibility index (Phi) is 3.48. The van der Waals surface area contributed by atoms with E-state index in [1.807, 2.05) is 0 Å². The molecule has 0 aliphatic rings. The van der Waals surface area contributed by atoms with Crippen molar-refractivity contribution < 1.29 is 23.1 Å². The molecule has 0 aliphatic carbocycles. The molecule has 0 aliphatic heterocycles. The zero-order chi connectivity index (χ0) is 14.2. The van der Waals surface area contributed by atoms with Crippen LogP contribution in [0.4, 0.5) is 13.2 Å². The van der Waals surface area contributed by atoms with Crippen LogP contribution in [0.3, 0.4) is 0 Å². The van der Waals surface area contributed by atoms with Gasteiger partial charge in [-0.25, -0.2) is 18.0 Å². The summed E-state index contributed by atoms with van der Waals surface area (Å²) in [5.41, 5.74) is -0.710. The number of halogens is 4. The van der Waals surface area contributed by atoms with E-state index < -0.39 is 23.4 Å². The highest BCUT2D eigenvalue weighted by Crippen LogP contribution is 2.30. The van der Waals surface area contributed by atoms with Crippen molar-refractivity contribution in [2.24, 2.45) is 0 Å². The van der Waals surface area contributed by atoms with Crippen molar-refractivity contribution in [1.82, 2.24) is 0 Å². The Hall–Kier alpha value is -2.01. The van der Waals surface area contributed by atoms with Gasteiger partial charge in [0.15, 0.2) is 17.5 Å². The maximum atomic E-state index is 13.7. The van der Waals surface area contributed by atoms with Gasteiger partial charge in [0.1, 0.15) is 0 Å². The average molecular weight is 287 g/mol. The molecule has 0 radical (unpaired) electrons. The summed E-state index contributed by atoms with van der Waals surface area (Å²) in [5, 5.41) is 9.16. The van der Waals surface area contributed by atoms with Gasteiger partial charge in [-0.3, -0.25) is 0 Å². The van der Waals surface area contributed by atoms with E-state index in [2.05, 4.69) is 0 Å². The molecule has 0 saturated heterocycles. The monoisotopic (exact) mass is 286 g/mol. The van der Waals surface area contributed by atoms with E-state index in [9.17, 15) is 18.0 Å². The molecule has 0 unspecified atom stereocenters. The van der Waals surface area contributed by atoms with E-state index >= 15 is 0 Å². The van der Waals surface area contributed by atoms with Crippen molar-refractivity contribution in [1.29, 1.82) is 0 Å². The van der Waals surface area contributed by atoms with E-state index in [0.717, 1.165) is 18.2 Å². The highest BCUT2D eigenvalue weighted by Gasteiger charge is 2.19. The van der Waals surface area contributed by atoms with Crippen LogP contribution in [0.5, 0.6) is 0 Å². The molecule has 0 spiro atoms. The fourth-order valence-corrected chi connectivity index (χ4v) is 1.83. The summed E-state index contributed by atoms with van der Waals surface area (Å²) in [6.07, 6.45) is 0. The van der Waals surface area contributed by atoms with Gasteiger partial charge in [0.05, 0.1) is 5.56 Å². The SMILES string of the molecule is O=C(O)c1cc(Cl)ccc1-c1ccc(F)c(F)c1F. The first kappa shape index (κ1) is 13.4. The molecule has 2 aromatic rings. The predicted octanol–water partition coefficient (Wildman–Crippen LogP) is 4.12. The van der Waals surface area contributed by atoms with E-state index in [1.54, 1.807) is 0 Å². The largest absolute Gasteiger partial charge is 0.478 e. The number of hydrogen-bond acceptors (Lipinski definition) is 1. The zero-order valence-electron chi connectivity index (χ0n) is 9.25. The predicted molar refractivity (Wildman–Crippen MR) is 63.7 cm³/mol. The van der Waals surface area contributed by atoms with Gasteiger partial charge in [-0.05, 0) is 29.8 Å². The van der Waals surface area contributed by atoms with Gasteiger partial charge in [0.25, 0.3) is 0 Å². The molecule has 1 N–H and O–H groups in total. The number of hydrogen-bond donors (Lipinski definition) is 1. The van der Waals surface area contributed by atoms with Crippen LogP contribution in [-0.4, -0.2) is 11.1 Å². The van der Waals surface area contributed by atoms with Crippen molar-refractivity contribution in [2.45, 2.75) is 0 Å². The van der Waals surface area contributed by atoms with Crippen molar-refractivity contribution in [2.75, 3.05) is 0 Å². The van der Waals surface area contributed by atoms with Crippen LogP contribution in [-0.2, 0) is 0 Å². The molecule has 6 heteroatoms. The molecular formula is C13H6ClF3O2. The second kappa shape index (κ2) is 4.93. The van der Waals surface area contributed by atoms with E-state index in [4.69, 9.17) is 16.7 Å². The molecular weight excluding hydrogens is 281 g/mol. The lowest BCUT2D eigenvalue weighted by Crippen LogP contribution is -2.02. The third kappa shape index (κ3) is 2.42. The second-order valence-corrected chi connectivity index (χ2v) is 4.15. The molecule has 0 amide bonds. The fourth-order valence-electron chi connectivity index (χ4n) is 1.66. The fraction of sp³-hybridized carbons (Fsp3) is 0. The van der Waals surface area contributed by atoms with Crippen LogP contribution >= 0.6 is 11.6 Å². The van der Waals surface area contributed by atoms with Crippen molar-refractivity contribution in [3.63, 3.8) is 0 Å². The minimum absolute atomic E-state index is 0.0756. The molecule has 19 heavy (non-hydrogen) atoms. The molecule has 2 nitrogen and oxygen atoms in total. The molecule has 0 aromatic heterocycles. The number of benzene rings is 2. The summed E-state index contributed by atoms with van der Waals surface area (Å²) in [6, 6.07) is 5.39. The van der Waals surface area contributed by atoms with Crippen LogP contribution in [0.2, 0.25) is 5.02 Å². The van der Waals surface area contributed by atoms with E-state index in [1.165, 1.54) is 12.1 Å². The van der Waals surface area contributed by atoms with Gasteiger partial charge < -0.3 is 5.11 Å².